The van der Waals surface area contributed by atoms with Crippen LogP contribution >= 0.6 is 22.9 Å². The number of aliphatic hydroxyl groups is 1. The SMILES string of the molecule is OC(CF)c1cc2nc(Cl)ccc2s1. The summed E-state index contributed by atoms with van der Waals surface area (Å²) in [6.07, 6.45) is -1.05. The summed E-state index contributed by atoms with van der Waals surface area (Å²) < 4.78 is 13.1. The summed E-state index contributed by atoms with van der Waals surface area (Å²) in [7, 11) is 0. The fourth-order valence-electron chi connectivity index (χ4n) is 1.16. The summed E-state index contributed by atoms with van der Waals surface area (Å²) in [5.41, 5.74) is 0.699. The highest BCUT2D eigenvalue weighted by Crippen LogP contribution is 2.29. The quantitative estimate of drug-likeness (QED) is 0.807. The van der Waals surface area contributed by atoms with Crippen molar-refractivity contribution in [3.8, 4) is 0 Å². The lowest BCUT2D eigenvalue weighted by molar-refractivity contribution is 0.145. The van der Waals surface area contributed by atoms with Gasteiger partial charge in [0.25, 0.3) is 0 Å². The smallest absolute Gasteiger partial charge is 0.129 e. The molecule has 0 amide bonds. The van der Waals surface area contributed by atoms with Crippen molar-refractivity contribution in [1.82, 2.24) is 4.98 Å². The van der Waals surface area contributed by atoms with E-state index in [0.29, 0.717) is 15.5 Å². The maximum absolute atomic E-state index is 12.2. The third kappa shape index (κ3) is 1.73. The Morgan fingerprint density at radius 3 is 3.07 bits per heavy atom. The Morgan fingerprint density at radius 1 is 1.57 bits per heavy atom. The standard InChI is InChI=1S/C9H7ClFNOS/c10-9-2-1-7-5(12-9)3-8(14-7)6(13)4-11/h1-3,6,13H,4H2. The van der Waals surface area contributed by atoms with Gasteiger partial charge in [0.1, 0.15) is 17.9 Å². The zero-order valence-electron chi connectivity index (χ0n) is 7.08. The molecule has 0 aliphatic heterocycles. The molecule has 1 unspecified atom stereocenters. The number of rotatable bonds is 2. The topological polar surface area (TPSA) is 33.1 Å². The molecule has 0 aromatic carbocycles. The molecule has 0 bridgehead atoms. The highest BCUT2D eigenvalue weighted by Gasteiger charge is 2.11. The number of halogens is 2. The molecule has 1 N–H and O–H groups in total. The van der Waals surface area contributed by atoms with Crippen molar-refractivity contribution in [3.05, 3.63) is 28.2 Å². The van der Waals surface area contributed by atoms with Crippen LogP contribution in [0.4, 0.5) is 4.39 Å². The van der Waals surface area contributed by atoms with Crippen LogP contribution < -0.4 is 0 Å². The van der Waals surface area contributed by atoms with Gasteiger partial charge in [0, 0.05) is 4.88 Å². The van der Waals surface area contributed by atoms with Crippen molar-refractivity contribution < 1.29 is 9.50 Å². The van der Waals surface area contributed by atoms with Crippen LogP contribution in [0.25, 0.3) is 10.2 Å². The first-order valence-corrected chi connectivity index (χ1v) is 5.20. The average Bonchev–Trinajstić information content (AvgIpc) is 2.59. The minimum Gasteiger partial charge on any atom is -0.385 e. The average molecular weight is 232 g/mol. The Bertz CT molecular complexity index is 459. The predicted octanol–water partition coefficient (Wildman–Crippen LogP) is 2.95. The van der Waals surface area contributed by atoms with Gasteiger partial charge in [-0.15, -0.1) is 11.3 Å². The molecular weight excluding hydrogens is 225 g/mol. The first-order chi connectivity index (χ1) is 6.70. The maximum atomic E-state index is 12.2. The number of hydrogen-bond donors (Lipinski definition) is 1. The number of fused-ring (bicyclic) bond motifs is 1. The van der Waals surface area contributed by atoms with E-state index in [0.717, 1.165) is 4.70 Å². The highest BCUT2D eigenvalue weighted by molar-refractivity contribution is 7.19. The van der Waals surface area contributed by atoms with Gasteiger partial charge in [-0.05, 0) is 18.2 Å². The summed E-state index contributed by atoms with van der Waals surface area (Å²) >= 11 is 7.03. The van der Waals surface area contributed by atoms with E-state index in [1.54, 1.807) is 12.1 Å². The molecule has 2 aromatic rings. The Labute approximate surface area is 89.0 Å². The van der Waals surface area contributed by atoms with E-state index in [9.17, 15) is 9.50 Å². The minimum absolute atomic E-state index is 0.400. The number of thiophene rings is 1. The molecule has 2 aromatic heterocycles. The maximum Gasteiger partial charge on any atom is 0.129 e. The number of alkyl halides is 1. The van der Waals surface area contributed by atoms with Gasteiger partial charge in [-0.25, -0.2) is 9.37 Å². The predicted molar refractivity (Wildman–Crippen MR) is 55.6 cm³/mol. The molecule has 0 fully saturated rings. The second-order valence-corrected chi connectivity index (χ2v) is 4.34. The van der Waals surface area contributed by atoms with Crippen molar-refractivity contribution >= 4 is 33.2 Å². The Balaban J connectivity index is 2.51. The number of hydrogen-bond acceptors (Lipinski definition) is 3. The molecule has 2 heterocycles. The molecule has 0 radical (unpaired) electrons. The van der Waals surface area contributed by atoms with E-state index in [2.05, 4.69) is 4.98 Å². The highest BCUT2D eigenvalue weighted by atomic mass is 35.5. The Hall–Kier alpha value is -0.710. The van der Waals surface area contributed by atoms with E-state index in [1.165, 1.54) is 11.3 Å². The first-order valence-electron chi connectivity index (χ1n) is 4.00. The summed E-state index contributed by atoms with van der Waals surface area (Å²) in [6.45, 7) is -0.777. The second-order valence-electron chi connectivity index (χ2n) is 2.84. The lowest BCUT2D eigenvalue weighted by atomic mass is 10.3. The monoisotopic (exact) mass is 231 g/mol. The summed E-state index contributed by atoms with van der Waals surface area (Å²) in [6, 6.07) is 5.14. The molecule has 74 valence electrons. The summed E-state index contributed by atoms with van der Waals surface area (Å²) in [5, 5.41) is 9.67. The lowest BCUT2D eigenvalue weighted by Gasteiger charge is -1.99. The van der Waals surface area contributed by atoms with Crippen LogP contribution in [0.3, 0.4) is 0 Å². The van der Waals surface area contributed by atoms with E-state index in [-0.39, 0.29) is 0 Å². The van der Waals surface area contributed by atoms with Crippen LogP contribution in [0.15, 0.2) is 18.2 Å². The van der Waals surface area contributed by atoms with Crippen LogP contribution in [-0.2, 0) is 0 Å². The van der Waals surface area contributed by atoms with E-state index < -0.39 is 12.8 Å². The molecule has 5 heteroatoms. The van der Waals surface area contributed by atoms with Crippen molar-refractivity contribution in [2.45, 2.75) is 6.10 Å². The third-order valence-corrected chi connectivity index (χ3v) is 3.23. The largest absolute Gasteiger partial charge is 0.385 e. The molecule has 0 saturated carbocycles. The molecular formula is C9H7ClFNOS. The molecule has 1 atom stereocenters. The van der Waals surface area contributed by atoms with Gasteiger partial charge < -0.3 is 5.11 Å². The van der Waals surface area contributed by atoms with Crippen LogP contribution in [0, 0.1) is 0 Å². The Morgan fingerprint density at radius 2 is 2.36 bits per heavy atom. The fourth-order valence-corrected chi connectivity index (χ4v) is 2.28. The molecule has 0 saturated heterocycles. The van der Waals surface area contributed by atoms with E-state index >= 15 is 0 Å². The molecule has 0 aliphatic carbocycles. The van der Waals surface area contributed by atoms with Gasteiger partial charge in [-0.2, -0.15) is 0 Å². The molecule has 2 rings (SSSR count). The van der Waals surface area contributed by atoms with Gasteiger partial charge in [0.05, 0.1) is 10.2 Å². The van der Waals surface area contributed by atoms with Crippen molar-refractivity contribution in [1.29, 1.82) is 0 Å². The molecule has 2 nitrogen and oxygen atoms in total. The van der Waals surface area contributed by atoms with Gasteiger partial charge in [-0.1, -0.05) is 11.6 Å². The molecule has 0 spiro atoms. The second kappa shape index (κ2) is 3.81. The van der Waals surface area contributed by atoms with E-state index in [4.69, 9.17) is 11.6 Å². The van der Waals surface area contributed by atoms with Gasteiger partial charge in [0.2, 0.25) is 0 Å². The van der Waals surface area contributed by atoms with Crippen LogP contribution in [-0.4, -0.2) is 16.8 Å². The Kier molecular flexibility index (Phi) is 2.67. The lowest BCUT2D eigenvalue weighted by Crippen LogP contribution is -1.94. The van der Waals surface area contributed by atoms with Gasteiger partial charge >= 0.3 is 0 Å². The van der Waals surface area contributed by atoms with E-state index in [1.807, 2.05) is 6.07 Å². The zero-order chi connectivity index (χ0) is 10.1. The number of aromatic nitrogens is 1. The number of nitrogens with zero attached hydrogens (tertiary/aromatic N) is 1. The van der Waals surface area contributed by atoms with Crippen molar-refractivity contribution in [2.24, 2.45) is 0 Å². The fraction of sp³-hybridized carbons (Fsp3) is 0.222. The summed E-state index contributed by atoms with van der Waals surface area (Å²) in [4.78, 5) is 4.64. The number of pyridine rings is 1. The minimum atomic E-state index is -1.05. The van der Waals surface area contributed by atoms with Crippen LogP contribution in [0.1, 0.15) is 11.0 Å². The zero-order valence-corrected chi connectivity index (χ0v) is 8.65. The van der Waals surface area contributed by atoms with Crippen molar-refractivity contribution in [3.63, 3.8) is 0 Å². The van der Waals surface area contributed by atoms with Crippen LogP contribution in [0.2, 0.25) is 5.15 Å². The normalized spacial score (nSPS) is 13.4. The van der Waals surface area contributed by atoms with Gasteiger partial charge in [-0.3, -0.25) is 0 Å². The van der Waals surface area contributed by atoms with Crippen molar-refractivity contribution in [2.75, 3.05) is 6.67 Å². The van der Waals surface area contributed by atoms with Crippen LogP contribution in [0.5, 0.6) is 0 Å². The molecule has 14 heavy (non-hydrogen) atoms. The number of aliphatic hydroxyl groups excluding tert-OH is 1. The summed E-state index contributed by atoms with van der Waals surface area (Å²) in [5.74, 6) is 0. The van der Waals surface area contributed by atoms with Gasteiger partial charge in [0.15, 0.2) is 0 Å². The molecule has 0 aliphatic rings. The third-order valence-electron chi connectivity index (χ3n) is 1.83. The first kappa shape index (κ1) is 9.83.